The van der Waals surface area contributed by atoms with Crippen LogP contribution in [0.4, 0.5) is 5.13 Å². The number of ether oxygens (including phenoxy) is 1. The molecule has 17 heavy (non-hydrogen) atoms. The molecular formula is C11H17N3O2S. The van der Waals surface area contributed by atoms with Gasteiger partial charge in [-0.3, -0.25) is 9.69 Å². The molecule has 0 N–H and O–H groups in total. The lowest BCUT2D eigenvalue weighted by Gasteiger charge is -2.33. The highest BCUT2D eigenvalue weighted by Crippen LogP contribution is 2.18. The van der Waals surface area contributed by atoms with Crippen molar-refractivity contribution in [3.8, 4) is 0 Å². The van der Waals surface area contributed by atoms with Crippen LogP contribution in [0.1, 0.15) is 6.92 Å². The van der Waals surface area contributed by atoms with Crippen LogP contribution in [-0.2, 0) is 9.53 Å². The van der Waals surface area contributed by atoms with Gasteiger partial charge in [0.25, 0.3) is 0 Å². The first kappa shape index (κ1) is 12.3. The summed E-state index contributed by atoms with van der Waals surface area (Å²) in [5.41, 5.74) is 0. The largest absolute Gasteiger partial charge is 0.465 e. The van der Waals surface area contributed by atoms with Gasteiger partial charge in [-0.25, -0.2) is 4.98 Å². The molecule has 0 atom stereocenters. The van der Waals surface area contributed by atoms with Crippen LogP contribution >= 0.6 is 11.3 Å². The van der Waals surface area contributed by atoms with E-state index in [-0.39, 0.29) is 5.97 Å². The van der Waals surface area contributed by atoms with Crippen LogP contribution in [0.15, 0.2) is 11.6 Å². The normalized spacial score (nSPS) is 17.1. The van der Waals surface area contributed by atoms with Gasteiger partial charge in [-0.2, -0.15) is 0 Å². The third-order valence-corrected chi connectivity index (χ3v) is 3.55. The topological polar surface area (TPSA) is 45.7 Å². The maximum atomic E-state index is 11.3. The minimum absolute atomic E-state index is 0.129. The lowest BCUT2D eigenvalue weighted by atomic mass is 10.3. The number of rotatable bonds is 4. The number of nitrogens with zero attached hydrogens (tertiary/aromatic N) is 3. The van der Waals surface area contributed by atoms with E-state index in [1.807, 2.05) is 18.5 Å². The standard InChI is InChI=1S/C11H17N3O2S/c1-2-16-10(15)9-13-4-6-14(7-5-13)11-12-3-8-17-11/h3,8H,2,4-7,9H2,1H3. The lowest BCUT2D eigenvalue weighted by molar-refractivity contribution is -0.144. The van der Waals surface area contributed by atoms with Crippen molar-refractivity contribution in [3.05, 3.63) is 11.6 Å². The van der Waals surface area contributed by atoms with E-state index in [9.17, 15) is 4.79 Å². The van der Waals surface area contributed by atoms with Crippen molar-refractivity contribution in [1.29, 1.82) is 0 Å². The van der Waals surface area contributed by atoms with Gasteiger partial charge in [-0.1, -0.05) is 0 Å². The second-order valence-electron chi connectivity index (χ2n) is 3.88. The van der Waals surface area contributed by atoms with Gasteiger partial charge in [-0.05, 0) is 6.92 Å². The Morgan fingerprint density at radius 3 is 2.82 bits per heavy atom. The molecule has 0 unspecified atom stereocenters. The number of piperazine rings is 1. The smallest absolute Gasteiger partial charge is 0.320 e. The predicted octanol–water partition coefficient (Wildman–Crippen LogP) is 0.828. The molecule has 1 aliphatic heterocycles. The second-order valence-corrected chi connectivity index (χ2v) is 4.76. The molecule has 1 aliphatic rings. The van der Waals surface area contributed by atoms with Crippen LogP contribution in [-0.4, -0.2) is 55.2 Å². The third-order valence-electron chi connectivity index (χ3n) is 2.72. The molecule has 2 heterocycles. The summed E-state index contributed by atoms with van der Waals surface area (Å²) in [5.74, 6) is -0.129. The Morgan fingerprint density at radius 2 is 2.24 bits per heavy atom. The predicted molar refractivity (Wildman–Crippen MR) is 67.4 cm³/mol. The highest BCUT2D eigenvalue weighted by molar-refractivity contribution is 7.13. The van der Waals surface area contributed by atoms with Crippen LogP contribution in [0.2, 0.25) is 0 Å². The minimum Gasteiger partial charge on any atom is -0.465 e. The quantitative estimate of drug-likeness (QED) is 0.746. The van der Waals surface area contributed by atoms with Crippen LogP contribution in [0.5, 0.6) is 0 Å². The van der Waals surface area contributed by atoms with E-state index in [0.717, 1.165) is 31.3 Å². The van der Waals surface area contributed by atoms with Crippen molar-refractivity contribution in [2.75, 3.05) is 44.2 Å². The molecule has 94 valence electrons. The summed E-state index contributed by atoms with van der Waals surface area (Å²) >= 11 is 1.66. The summed E-state index contributed by atoms with van der Waals surface area (Å²) in [6.45, 7) is 6.31. The number of carbonyl (C=O) groups is 1. The van der Waals surface area contributed by atoms with E-state index in [1.165, 1.54) is 0 Å². The van der Waals surface area contributed by atoms with E-state index in [2.05, 4.69) is 14.8 Å². The summed E-state index contributed by atoms with van der Waals surface area (Å²) in [4.78, 5) is 20.0. The zero-order valence-electron chi connectivity index (χ0n) is 9.96. The van der Waals surface area contributed by atoms with Crippen LogP contribution in [0.25, 0.3) is 0 Å². The molecule has 0 radical (unpaired) electrons. The van der Waals surface area contributed by atoms with Gasteiger partial charge in [0.1, 0.15) is 0 Å². The molecule has 1 fully saturated rings. The Kier molecular flexibility index (Phi) is 4.33. The number of hydrogen-bond donors (Lipinski definition) is 0. The molecule has 1 aromatic rings. The average molecular weight is 255 g/mol. The van der Waals surface area contributed by atoms with Gasteiger partial charge in [0, 0.05) is 37.8 Å². The molecule has 5 nitrogen and oxygen atoms in total. The van der Waals surface area contributed by atoms with Gasteiger partial charge < -0.3 is 9.64 Å². The van der Waals surface area contributed by atoms with E-state index < -0.39 is 0 Å². The van der Waals surface area contributed by atoms with Crippen molar-refractivity contribution in [2.24, 2.45) is 0 Å². The van der Waals surface area contributed by atoms with Gasteiger partial charge >= 0.3 is 5.97 Å². The second kappa shape index (κ2) is 5.97. The van der Waals surface area contributed by atoms with Crippen molar-refractivity contribution < 1.29 is 9.53 Å². The van der Waals surface area contributed by atoms with Crippen molar-refractivity contribution in [3.63, 3.8) is 0 Å². The first-order valence-corrected chi connectivity index (χ1v) is 6.70. The first-order valence-electron chi connectivity index (χ1n) is 5.82. The fourth-order valence-corrected chi connectivity index (χ4v) is 2.56. The van der Waals surface area contributed by atoms with E-state index in [4.69, 9.17) is 4.74 Å². The lowest BCUT2D eigenvalue weighted by Crippen LogP contribution is -2.48. The molecule has 0 aliphatic carbocycles. The zero-order chi connectivity index (χ0) is 12.1. The molecule has 6 heteroatoms. The molecular weight excluding hydrogens is 238 g/mol. The Morgan fingerprint density at radius 1 is 1.47 bits per heavy atom. The van der Waals surface area contributed by atoms with Crippen molar-refractivity contribution in [2.45, 2.75) is 6.92 Å². The summed E-state index contributed by atoms with van der Waals surface area (Å²) in [7, 11) is 0. The third kappa shape index (κ3) is 3.41. The number of hydrogen-bond acceptors (Lipinski definition) is 6. The van der Waals surface area contributed by atoms with Gasteiger partial charge in [0.05, 0.1) is 13.2 Å². The molecule has 1 aromatic heterocycles. The highest BCUT2D eigenvalue weighted by atomic mass is 32.1. The Bertz CT molecular complexity index is 348. The summed E-state index contributed by atoms with van der Waals surface area (Å²) in [6, 6.07) is 0. The SMILES string of the molecule is CCOC(=O)CN1CCN(c2nccs2)CC1. The number of aromatic nitrogens is 1. The fourth-order valence-electron chi connectivity index (χ4n) is 1.86. The number of esters is 1. The van der Waals surface area contributed by atoms with Crippen LogP contribution in [0.3, 0.4) is 0 Å². The molecule has 2 rings (SSSR count). The van der Waals surface area contributed by atoms with Crippen LogP contribution < -0.4 is 4.90 Å². The van der Waals surface area contributed by atoms with Gasteiger partial charge in [0.2, 0.25) is 0 Å². The number of anilines is 1. The molecule has 1 saturated heterocycles. The number of thiazole rings is 1. The first-order chi connectivity index (χ1) is 8.29. The van der Waals surface area contributed by atoms with Crippen molar-refractivity contribution in [1.82, 2.24) is 9.88 Å². The highest BCUT2D eigenvalue weighted by Gasteiger charge is 2.20. The fraction of sp³-hybridized carbons (Fsp3) is 0.636. The molecule has 0 spiro atoms. The summed E-state index contributed by atoms with van der Waals surface area (Å²) in [5, 5.41) is 3.06. The van der Waals surface area contributed by atoms with E-state index >= 15 is 0 Å². The Hall–Kier alpha value is -1.14. The van der Waals surface area contributed by atoms with E-state index in [0.29, 0.717) is 13.2 Å². The van der Waals surface area contributed by atoms with Crippen molar-refractivity contribution >= 4 is 22.4 Å². The maximum absolute atomic E-state index is 11.3. The average Bonchev–Trinajstić information content (AvgIpc) is 2.84. The van der Waals surface area contributed by atoms with E-state index in [1.54, 1.807) is 11.3 Å². The molecule has 0 aromatic carbocycles. The van der Waals surface area contributed by atoms with Gasteiger partial charge in [0.15, 0.2) is 5.13 Å². The molecule has 0 amide bonds. The monoisotopic (exact) mass is 255 g/mol. The summed E-state index contributed by atoms with van der Waals surface area (Å²) < 4.78 is 4.94. The van der Waals surface area contributed by atoms with Gasteiger partial charge in [-0.15, -0.1) is 11.3 Å². The Balaban J connectivity index is 1.76. The summed E-state index contributed by atoms with van der Waals surface area (Å²) in [6.07, 6.45) is 1.82. The zero-order valence-corrected chi connectivity index (χ0v) is 10.8. The maximum Gasteiger partial charge on any atom is 0.320 e. The Labute approximate surface area is 105 Å². The van der Waals surface area contributed by atoms with Crippen LogP contribution in [0, 0.1) is 0 Å². The number of carbonyl (C=O) groups excluding carboxylic acids is 1. The molecule has 0 bridgehead atoms. The minimum atomic E-state index is -0.129. The molecule has 0 saturated carbocycles.